The first kappa shape index (κ1) is 9.45. The number of hydrazine groups is 1. The highest BCUT2D eigenvalue weighted by molar-refractivity contribution is 5.93. The van der Waals surface area contributed by atoms with E-state index in [-0.39, 0.29) is 17.9 Å². The molecule has 5 heteroatoms. The van der Waals surface area contributed by atoms with Crippen LogP contribution in [0.5, 0.6) is 0 Å². The molecule has 0 aliphatic carbocycles. The van der Waals surface area contributed by atoms with E-state index < -0.39 is 0 Å². The van der Waals surface area contributed by atoms with Gasteiger partial charge in [-0.1, -0.05) is 6.42 Å². The van der Waals surface area contributed by atoms with Gasteiger partial charge < -0.3 is 0 Å². The van der Waals surface area contributed by atoms with Crippen LogP contribution in [0.2, 0.25) is 0 Å². The monoisotopic (exact) mass is 197 g/mol. The fraction of sp³-hybridized carbons (Fsp3) is 0.778. The molecule has 2 N–H and O–H groups in total. The van der Waals surface area contributed by atoms with Crippen LogP contribution < -0.4 is 10.9 Å². The van der Waals surface area contributed by atoms with Gasteiger partial charge in [-0.25, -0.2) is 0 Å². The molecule has 0 aromatic rings. The van der Waals surface area contributed by atoms with Crippen LogP contribution in [0.3, 0.4) is 0 Å². The quantitative estimate of drug-likeness (QED) is 0.589. The first-order chi connectivity index (χ1) is 6.77. The zero-order chi connectivity index (χ0) is 9.97. The molecule has 1 atom stereocenters. The standard InChI is InChI=1S/C9H15N3O2/c13-8-6-7(9(14)11-10-8)12-4-2-1-3-5-12/h7H,1-6H2,(H,10,13)(H,11,14)/t7-/m0/s1. The molecular formula is C9H15N3O2. The van der Waals surface area contributed by atoms with E-state index in [0.29, 0.717) is 6.42 Å². The fourth-order valence-corrected chi connectivity index (χ4v) is 2.06. The van der Waals surface area contributed by atoms with Crippen molar-refractivity contribution in [3.8, 4) is 0 Å². The number of nitrogens with zero attached hydrogens (tertiary/aromatic N) is 1. The van der Waals surface area contributed by atoms with Gasteiger partial charge in [0.05, 0.1) is 12.5 Å². The molecule has 2 aliphatic heterocycles. The molecule has 0 aromatic carbocycles. The van der Waals surface area contributed by atoms with Crippen LogP contribution in [0.4, 0.5) is 0 Å². The molecule has 0 radical (unpaired) electrons. The molecular weight excluding hydrogens is 182 g/mol. The molecule has 14 heavy (non-hydrogen) atoms. The minimum Gasteiger partial charge on any atom is -0.291 e. The summed E-state index contributed by atoms with van der Waals surface area (Å²) in [6.07, 6.45) is 3.79. The Hall–Kier alpha value is -1.10. The van der Waals surface area contributed by atoms with Crippen molar-refractivity contribution in [2.45, 2.75) is 31.7 Å². The van der Waals surface area contributed by atoms with Gasteiger partial charge in [0.2, 0.25) is 5.91 Å². The molecule has 0 saturated carbocycles. The van der Waals surface area contributed by atoms with E-state index in [0.717, 1.165) is 25.9 Å². The lowest BCUT2D eigenvalue weighted by atomic mass is 10.0. The minimum absolute atomic E-state index is 0.0773. The van der Waals surface area contributed by atoms with E-state index in [2.05, 4.69) is 15.8 Å². The van der Waals surface area contributed by atoms with Gasteiger partial charge in [-0.3, -0.25) is 25.3 Å². The van der Waals surface area contributed by atoms with Gasteiger partial charge in [-0.2, -0.15) is 0 Å². The van der Waals surface area contributed by atoms with Crippen molar-refractivity contribution >= 4 is 11.8 Å². The average Bonchev–Trinajstić information content (AvgIpc) is 2.23. The van der Waals surface area contributed by atoms with E-state index in [1.165, 1.54) is 6.42 Å². The Morgan fingerprint density at radius 3 is 2.50 bits per heavy atom. The van der Waals surface area contributed by atoms with Crippen molar-refractivity contribution in [3.05, 3.63) is 0 Å². The second-order valence-corrected chi connectivity index (χ2v) is 3.85. The van der Waals surface area contributed by atoms with Crippen LogP contribution in [-0.2, 0) is 9.59 Å². The zero-order valence-corrected chi connectivity index (χ0v) is 8.08. The lowest BCUT2D eigenvalue weighted by Gasteiger charge is -2.35. The van der Waals surface area contributed by atoms with Gasteiger partial charge >= 0.3 is 0 Å². The second kappa shape index (κ2) is 3.96. The average molecular weight is 197 g/mol. The zero-order valence-electron chi connectivity index (χ0n) is 8.08. The molecule has 2 saturated heterocycles. The Morgan fingerprint density at radius 1 is 1.07 bits per heavy atom. The number of nitrogens with one attached hydrogen (secondary N) is 2. The Labute approximate surface area is 82.8 Å². The van der Waals surface area contributed by atoms with Gasteiger partial charge in [0, 0.05) is 0 Å². The summed E-state index contributed by atoms with van der Waals surface area (Å²) in [5.41, 5.74) is 4.73. The highest BCUT2D eigenvalue weighted by Gasteiger charge is 2.32. The van der Waals surface area contributed by atoms with Gasteiger partial charge in [0.25, 0.3) is 5.91 Å². The third kappa shape index (κ3) is 1.87. The Morgan fingerprint density at radius 2 is 1.79 bits per heavy atom. The number of likely N-dealkylation sites (tertiary alicyclic amines) is 1. The summed E-state index contributed by atoms with van der Waals surface area (Å²) < 4.78 is 0. The lowest BCUT2D eigenvalue weighted by molar-refractivity contribution is -0.139. The third-order valence-electron chi connectivity index (χ3n) is 2.84. The van der Waals surface area contributed by atoms with E-state index >= 15 is 0 Å². The number of rotatable bonds is 1. The first-order valence-corrected chi connectivity index (χ1v) is 5.10. The summed E-state index contributed by atoms with van der Waals surface area (Å²) in [4.78, 5) is 24.7. The first-order valence-electron chi connectivity index (χ1n) is 5.10. The molecule has 2 amide bonds. The van der Waals surface area contributed by atoms with E-state index in [1.807, 2.05) is 0 Å². The lowest BCUT2D eigenvalue weighted by Crippen LogP contribution is -2.59. The van der Waals surface area contributed by atoms with Crippen molar-refractivity contribution in [2.24, 2.45) is 0 Å². The minimum atomic E-state index is -0.246. The van der Waals surface area contributed by atoms with Crippen LogP contribution in [0.15, 0.2) is 0 Å². The van der Waals surface area contributed by atoms with Crippen LogP contribution in [0.1, 0.15) is 25.7 Å². The van der Waals surface area contributed by atoms with Crippen LogP contribution in [0, 0.1) is 0 Å². The molecule has 0 aromatic heterocycles. The molecule has 2 heterocycles. The van der Waals surface area contributed by atoms with Crippen molar-refractivity contribution in [1.29, 1.82) is 0 Å². The Bertz CT molecular complexity index is 248. The van der Waals surface area contributed by atoms with E-state index in [4.69, 9.17) is 0 Å². The normalized spacial score (nSPS) is 29.6. The smallest absolute Gasteiger partial charge is 0.256 e. The van der Waals surface area contributed by atoms with Crippen LogP contribution in [-0.4, -0.2) is 35.8 Å². The number of piperidine rings is 1. The van der Waals surface area contributed by atoms with Gasteiger partial charge in [0.15, 0.2) is 0 Å². The van der Waals surface area contributed by atoms with Crippen LogP contribution >= 0.6 is 0 Å². The maximum Gasteiger partial charge on any atom is 0.256 e. The number of carbonyl (C=O) groups is 2. The van der Waals surface area contributed by atoms with Gasteiger partial charge in [-0.15, -0.1) is 0 Å². The third-order valence-corrected chi connectivity index (χ3v) is 2.84. The highest BCUT2D eigenvalue weighted by atomic mass is 16.2. The van der Waals surface area contributed by atoms with Crippen molar-refractivity contribution in [3.63, 3.8) is 0 Å². The van der Waals surface area contributed by atoms with Crippen LogP contribution in [0.25, 0.3) is 0 Å². The largest absolute Gasteiger partial charge is 0.291 e. The Kier molecular flexibility index (Phi) is 2.67. The maximum absolute atomic E-state index is 11.5. The molecule has 0 unspecified atom stereocenters. The summed E-state index contributed by atoms with van der Waals surface area (Å²) in [7, 11) is 0. The predicted octanol–water partition coefficient (Wildman–Crippen LogP) is -0.608. The molecule has 0 bridgehead atoms. The Balaban J connectivity index is 1.99. The number of hydrogen-bond donors (Lipinski definition) is 2. The van der Waals surface area contributed by atoms with Crippen molar-refractivity contribution < 1.29 is 9.59 Å². The molecule has 2 fully saturated rings. The van der Waals surface area contributed by atoms with E-state index in [9.17, 15) is 9.59 Å². The molecule has 0 spiro atoms. The summed E-state index contributed by atoms with van der Waals surface area (Å²) in [6.45, 7) is 1.87. The van der Waals surface area contributed by atoms with Gasteiger partial charge in [-0.05, 0) is 25.9 Å². The number of hydrogen-bond acceptors (Lipinski definition) is 3. The topological polar surface area (TPSA) is 61.4 Å². The summed E-state index contributed by atoms with van der Waals surface area (Å²) in [6, 6.07) is -0.246. The molecule has 2 aliphatic rings. The number of amides is 2. The van der Waals surface area contributed by atoms with Crippen molar-refractivity contribution in [2.75, 3.05) is 13.1 Å². The van der Waals surface area contributed by atoms with E-state index in [1.54, 1.807) is 0 Å². The highest BCUT2D eigenvalue weighted by Crippen LogP contribution is 2.15. The summed E-state index contributed by atoms with van der Waals surface area (Å²) >= 11 is 0. The maximum atomic E-state index is 11.5. The SMILES string of the molecule is O=C1C[C@H](N2CCCCC2)C(=O)NN1. The number of carbonyl (C=O) groups excluding carboxylic acids is 2. The van der Waals surface area contributed by atoms with Gasteiger partial charge in [0.1, 0.15) is 0 Å². The molecule has 5 nitrogen and oxygen atoms in total. The molecule has 2 rings (SSSR count). The summed E-state index contributed by atoms with van der Waals surface area (Å²) in [5.74, 6) is -0.174. The summed E-state index contributed by atoms with van der Waals surface area (Å²) in [5, 5.41) is 0. The second-order valence-electron chi connectivity index (χ2n) is 3.85. The predicted molar refractivity (Wildman–Crippen MR) is 50.1 cm³/mol. The van der Waals surface area contributed by atoms with Crippen molar-refractivity contribution in [1.82, 2.24) is 15.8 Å². The molecule has 78 valence electrons. The fourth-order valence-electron chi connectivity index (χ4n) is 2.06.